The first-order chi connectivity index (χ1) is 17.2. The molecule has 1 aromatic rings. The predicted octanol–water partition coefficient (Wildman–Crippen LogP) is 3.12. The molecule has 2 bridgehead atoms. The van der Waals surface area contributed by atoms with Crippen molar-refractivity contribution in [1.82, 2.24) is 4.90 Å². The second-order valence-electron chi connectivity index (χ2n) is 9.72. The minimum absolute atomic E-state index is 0.0156. The van der Waals surface area contributed by atoms with Crippen LogP contribution in [0.25, 0.3) is 0 Å². The Hall–Kier alpha value is -2.68. The number of nitrogens with zero attached hydrogens (tertiary/aromatic N) is 2. The molecule has 1 spiro atoms. The molecule has 3 aliphatic rings. The minimum Gasteiger partial charge on any atom is -0.461 e. The Bertz CT molecular complexity index is 1080. The third-order valence-electron chi connectivity index (χ3n) is 7.91. The summed E-state index contributed by atoms with van der Waals surface area (Å²) >= 11 is 6.46. The number of rotatable bonds is 10. The highest BCUT2D eigenvalue weighted by molar-refractivity contribution is 6.34. The zero-order chi connectivity index (χ0) is 26.3. The van der Waals surface area contributed by atoms with E-state index in [1.807, 2.05) is 6.92 Å². The van der Waals surface area contributed by atoms with Crippen molar-refractivity contribution >= 4 is 35.1 Å². The number of benzene rings is 1. The Balaban J connectivity index is 1.84. The molecule has 3 fully saturated rings. The molecule has 2 amide bonds. The zero-order valence-electron chi connectivity index (χ0n) is 20.7. The molecular weight excluding hydrogens is 484 g/mol. The van der Waals surface area contributed by atoms with Crippen LogP contribution in [0, 0.1) is 11.8 Å². The van der Waals surface area contributed by atoms with Crippen molar-refractivity contribution < 1.29 is 29.0 Å². The van der Waals surface area contributed by atoms with Gasteiger partial charge in [-0.3, -0.25) is 14.4 Å². The first-order valence-corrected chi connectivity index (χ1v) is 12.7. The Kier molecular flexibility index (Phi) is 7.33. The summed E-state index contributed by atoms with van der Waals surface area (Å²) in [7, 11) is 0. The van der Waals surface area contributed by atoms with Gasteiger partial charge in [-0.2, -0.15) is 0 Å². The van der Waals surface area contributed by atoms with Crippen LogP contribution in [0.4, 0.5) is 5.69 Å². The van der Waals surface area contributed by atoms with Gasteiger partial charge in [-0.15, -0.1) is 6.58 Å². The average Bonchev–Trinajstić information content (AvgIpc) is 3.49. The number of esters is 1. The molecule has 0 aliphatic carbocycles. The number of hydrogen-bond acceptors (Lipinski definition) is 6. The second-order valence-corrected chi connectivity index (χ2v) is 10.1. The number of carbonyl (C=O) groups is 3. The van der Waals surface area contributed by atoms with Crippen LogP contribution in [-0.4, -0.2) is 70.8 Å². The Morgan fingerprint density at radius 3 is 2.67 bits per heavy atom. The summed E-state index contributed by atoms with van der Waals surface area (Å²) in [4.78, 5) is 44.5. The van der Waals surface area contributed by atoms with E-state index in [9.17, 15) is 19.5 Å². The van der Waals surface area contributed by atoms with Crippen molar-refractivity contribution in [2.45, 2.75) is 56.4 Å². The lowest BCUT2D eigenvalue weighted by Gasteiger charge is -2.38. The van der Waals surface area contributed by atoms with Gasteiger partial charge >= 0.3 is 5.97 Å². The molecule has 0 aromatic heterocycles. The summed E-state index contributed by atoms with van der Waals surface area (Å²) in [5.74, 6) is -3.07. The van der Waals surface area contributed by atoms with Crippen LogP contribution in [0.15, 0.2) is 49.6 Å². The van der Waals surface area contributed by atoms with Crippen molar-refractivity contribution in [3.8, 4) is 0 Å². The third-order valence-corrected chi connectivity index (χ3v) is 8.23. The number of hydrogen-bond donors (Lipinski definition) is 1. The third kappa shape index (κ3) is 3.78. The summed E-state index contributed by atoms with van der Waals surface area (Å²) in [6.07, 6.45) is 4.49. The first-order valence-electron chi connectivity index (χ1n) is 12.3. The van der Waals surface area contributed by atoms with Crippen LogP contribution in [0.2, 0.25) is 5.02 Å². The molecule has 2 unspecified atom stereocenters. The van der Waals surface area contributed by atoms with Gasteiger partial charge in [-0.1, -0.05) is 49.4 Å². The average molecular weight is 517 g/mol. The molecular formula is C27H33ClN2O6. The number of anilines is 1. The molecule has 3 aliphatic heterocycles. The van der Waals surface area contributed by atoms with Gasteiger partial charge in [0.1, 0.15) is 24.2 Å². The van der Waals surface area contributed by atoms with E-state index in [1.165, 1.54) is 15.9 Å². The van der Waals surface area contributed by atoms with Gasteiger partial charge in [-0.25, -0.2) is 0 Å². The van der Waals surface area contributed by atoms with Crippen LogP contribution >= 0.6 is 11.6 Å². The van der Waals surface area contributed by atoms with Crippen molar-refractivity contribution in [2.75, 3.05) is 24.7 Å². The number of aliphatic hydroxyl groups is 1. The predicted molar refractivity (Wildman–Crippen MR) is 135 cm³/mol. The molecule has 0 radical (unpaired) electrons. The Morgan fingerprint density at radius 1 is 1.33 bits per heavy atom. The van der Waals surface area contributed by atoms with Crippen LogP contribution in [-0.2, 0) is 23.9 Å². The van der Waals surface area contributed by atoms with Gasteiger partial charge in [0.05, 0.1) is 34.9 Å². The maximum atomic E-state index is 14.4. The van der Waals surface area contributed by atoms with E-state index >= 15 is 0 Å². The van der Waals surface area contributed by atoms with E-state index in [2.05, 4.69) is 13.2 Å². The Labute approximate surface area is 216 Å². The SMILES string of the molecule is C=CCOC(=O)[C@H]1[C@H]2C(=O)N([C@H](C)CO)C(C(=O)N(CC=C)c3ccccc3Cl)C23CC[C@]1(CC)O3. The fraction of sp³-hybridized carbons (Fsp3) is 0.519. The number of para-hydroxylation sites is 1. The standard InChI is InChI=1S/C27H33ClN2O6/c1-5-14-29(19-11-9-8-10-18(19)28)24(33)22-27-13-12-26(7-3,36-27)21(25(34)35-15-6-2)20(27)23(32)30(22)17(4)16-31/h5-6,8-11,17,20-22,31H,1-2,7,12-16H2,3-4H3/t17-,20+,21-,22?,26+,27?/m1/s1. The summed E-state index contributed by atoms with van der Waals surface area (Å²) in [6.45, 7) is 10.8. The summed E-state index contributed by atoms with van der Waals surface area (Å²) < 4.78 is 12.1. The fourth-order valence-corrected chi connectivity index (χ4v) is 6.58. The van der Waals surface area contributed by atoms with Crippen LogP contribution in [0.1, 0.15) is 33.1 Å². The molecule has 9 heteroatoms. The largest absolute Gasteiger partial charge is 0.461 e. The van der Waals surface area contributed by atoms with E-state index in [4.69, 9.17) is 21.1 Å². The molecule has 8 nitrogen and oxygen atoms in total. The molecule has 3 heterocycles. The molecule has 194 valence electrons. The van der Waals surface area contributed by atoms with Gasteiger partial charge in [0, 0.05) is 6.54 Å². The minimum atomic E-state index is -1.23. The highest BCUT2D eigenvalue weighted by atomic mass is 35.5. The van der Waals surface area contributed by atoms with E-state index in [0.29, 0.717) is 30.0 Å². The van der Waals surface area contributed by atoms with Crippen molar-refractivity contribution in [2.24, 2.45) is 11.8 Å². The number of ether oxygens (including phenoxy) is 2. The first kappa shape index (κ1) is 26.4. The lowest BCUT2D eigenvalue weighted by Crippen LogP contribution is -2.58. The molecule has 6 atom stereocenters. The molecule has 3 saturated heterocycles. The fourth-order valence-electron chi connectivity index (χ4n) is 6.34. The summed E-state index contributed by atoms with van der Waals surface area (Å²) in [5.41, 5.74) is -1.65. The maximum Gasteiger partial charge on any atom is 0.313 e. The number of halogens is 1. The normalized spacial score (nSPS) is 31.2. The van der Waals surface area contributed by atoms with Gasteiger partial charge in [-0.05, 0) is 38.3 Å². The molecule has 36 heavy (non-hydrogen) atoms. The Morgan fingerprint density at radius 2 is 2.06 bits per heavy atom. The van der Waals surface area contributed by atoms with E-state index in [0.717, 1.165) is 0 Å². The maximum absolute atomic E-state index is 14.4. The second kappa shape index (κ2) is 10.00. The number of fused-ring (bicyclic) bond motifs is 1. The van der Waals surface area contributed by atoms with Crippen LogP contribution in [0.5, 0.6) is 0 Å². The zero-order valence-corrected chi connectivity index (χ0v) is 21.4. The van der Waals surface area contributed by atoms with Crippen molar-refractivity contribution in [3.05, 3.63) is 54.6 Å². The quantitative estimate of drug-likeness (QED) is 0.379. The number of likely N-dealkylation sites (tertiary alicyclic amines) is 1. The van der Waals surface area contributed by atoms with Gasteiger partial charge in [0.2, 0.25) is 5.91 Å². The molecule has 0 saturated carbocycles. The molecule has 1 N–H and O–H groups in total. The van der Waals surface area contributed by atoms with Gasteiger partial charge < -0.3 is 24.4 Å². The highest BCUT2D eigenvalue weighted by Gasteiger charge is 2.79. The number of amides is 2. The molecule has 4 rings (SSSR count). The number of carbonyl (C=O) groups excluding carboxylic acids is 3. The van der Waals surface area contributed by atoms with E-state index in [1.54, 1.807) is 37.3 Å². The monoisotopic (exact) mass is 516 g/mol. The van der Waals surface area contributed by atoms with Gasteiger partial charge in [0.15, 0.2) is 0 Å². The van der Waals surface area contributed by atoms with Crippen molar-refractivity contribution in [3.63, 3.8) is 0 Å². The lowest BCUT2D eigenvalue weighted by atomic mass is 9.65. The number of aliphatic hydroxyl groups excluding tert-OH is 1. The smallest absolute Gasteiger partial charge is 0.313 e. The van der Waals surface area contributed by atoms with Crippen molar-refractivity contribution in [1.29, 1.82) is 0 Å². The highest BCUT2D eigenvalue weighted by Crippen LogP contribution is 2.64. The lowest BCUT2D eigenvalue weighted by molar-refractivity contribution is -0.161. The summed E-state index contributed by atoms with van der Waals surface area (Å²) in [5, 5.41) is 10.4. The van der Waals surface area contributed by atoms with E-state index < -0.39 is 47.0 Å². The molecule has 1 aromatic carbocycles. The van der Waals surface area contributed by atoms with Crippen LogP contribution in [0.3, 0.4) is 0 Å². The van der Waals surface area contributed by atoms with Gasteiger partial charge in [0.25, 0.3) is 5.91 Å². The van der Waals surface area contributed by atoms with Crippen LogP contribution < -0.4 is 4.90 Å². The summed E-state index contributed by atoms with van der Waals surface area (Å²) in [6, 6.07) is 5.22. The topological polar surface area (TPSA) is 96.4 Å². The van der Waals surface area contributed by atoms with E-state index in [-0.39, 0.29) is 25.7 Å².